The molecule has 0 aliphatic carbocycles. The smallest absolute Gasteiger partial charge is 0.252 e. The van der Waals surface area contributed by atoms with Crippen molar-refractivity contribution in [3.8, 4) is 12.3 Å². The van der Waals surface area contributed by atoms with E-state index in [4.69, 9.17) is 6.42 Å². The number of aryl methyl sites for hydroxylation is 2. The molecule has 4 rings (SSSR count). The molecule has 1 aromatic carbocycles. The first-order valence-corrected chi connectivity index (χ1v) is 13.1. The van der Waals surface area contributed by atoms with Crippen molar-refractivity contribution in [2.24, 2.45) is 10.9 Å². The number of hydrogen-bond donors (Lipinski definition) is 0. The van der Waals surface area contributed by atoms with Crippen LogP contribution in [-0.4, -0.2) is 36.3 Å². The van der Waals surface area contributed by atoms with Crippen LogP contribution in [0.3, 0.4) is 0 Å². The molecular weight excluding hydrogens is 450 g/mol. The highest BCUT2D eigenvalue weighted by Crippen LogP contribution is 2.27. The largest absolute Gasteiger partial charge is 0.305 e. The first-order chi connectivity index (χ1) is 14.8. The molecule has 1 fully saturated rings. The van der Waals surface area contributed by atoms with E-state index >= 15 is 0 Å². The van der Waals surface area contributed by atoms with Gasteiger partial charge in [0.1, 0.15) is 4.21 Å². The minimum atomic E-state index is -3.48. The molecule has 162 valence electrons. The van der Waals surface area contributed by atoms with Crippen molar-refractivity contribution < 1.29 is 13.2 Å². The number of piperidine rings is 1. The Hall–Kier alpha value is -2.25. The number of thiazole rings is 1. The zero-order valence-electron chi connectivity index (χ0n) is 17.4. The van der Waals surface area contributed by atoms with Gasteiger partial charge < -0.3 is 4.57 Å². The van der Waals surface area contributed by atoms with Gasteiger partial charge in [0, 0.05) is 19.0 Å². The number of terminal acetylenes is 1. The molecule has 0 atom stereocenters. The van der Waals surface area contributed by atoms with Crippen LogP contribution in [0.25, 0.3) is 10.2 Å². The maximum Gasteiger partial charge on any atom is 0.252 e. The van der Waals surface area contributed by atoms with Crippen molar-refractivity contribution in [3.05, 3.63) is 45.6 Å². The van der Waals surface area contributed by atoms with Crippen LogP contribution in [0.2, 0.25) is 0 Å². The number of aromatic nitrogens is 1. The van der Waals surface area contributed by atoms with Gasteiger partial charge in [0.25, 0.3) is 15.9 Å². The standard InChI is InChI=1S/C22H23N3O3S3/c1-4-9-25-18-14-15(2)13-16(3)20(18)30-22(25)23-21(26)17-7-10-24(11-8-17)31(27,28)19-6-5-12-29-19/h1,5-6,12-14,17H,7-11H2,2-3H3. The number of rotatable bonds is 4. The zero-order valence-corrected chi connectivity index (χ0v) is 19.8. The lowest BCUT2D eigenvalue weighted by Gasteiger charge is -2.29. The van der Waals surface area contributed by atoms with Crippen LogP contribution in [0, 0.1) is 32.1 Å². The molecule has 1 aliphatic rings. The molecule has 0 N–H and O–H groups in total. The Kier molecular flexibility index (Phi) is 6.17. The topological polar surface area (TPSA) is 71.7 Å². The predicted octanol–water partition coefficient (Wildman–Crippen LogP) is 3.54. The van der Waals surface area contributed by atoms with Crippen LogP contribution < -0.4 is 4.80 Å². The quantitative estimate of drug-likeness (QED) is 0.544. The molecular formula is C22H23N3O3S3. The number of sulfonamides is 1. The van der Waals surface area contributed by atoms with Crippen LogP contribution >= 0.6 is 22.7 Å². The molecule has 6 nitrogen and oxygen atoms in total. The number of carbonyl (C=O) groups excluding carboxylic acids is 1. The predicted molar refractivity (Wildman–Crippen MR) is 124 cm³/mol. The van der Waals surface area contributed by atoms with E-state index in [9.17, 15) is 13.2 Å². The second-order valence-electron chi connectivity index (χ2n) is 7.67. The molecule has 0 saturated carbocycles. The fourth-order valence-corrected chi connectivity index (χ4v) is 7.61. The van der Waals surface area contributed by atoms with Crippen LogP contribution in [0.1, 0.15) is 24.0 Å². The number of carbonyl (C=O) groups is 1. The first-order valence-electron chi connectivity index (χ1n) is 9.97. The number of fused-ring (bicyclic) bond motifs is 1. The highest BCUT2D eigenvalue weighted by atomic mass is 32.2. The summed E-state index contributed by atoms with van der Waals surface area (Å²) in [5.41, 5.74) is 3.25. The summed E-state index contributed by atoms with van der Waals surface area (Å²) in [5.74, 6) is 2.16. The number of hydrogen-bond acceptors (Lipinski definition) is 5. The van der Waals surface area contributed by atoms with Gasteiger partial charge in [-0.2, -0.15) is 9.30 Å². The summed E-state index contributed by atoms with van der Waals surface area (Å²) >= 11 is 2.68. The summed E-state index contributed by atoms with van der Waals surface area (Å²) in [6.45, 7) is 5.06. The van der Waals surface area contributed by atoms with Crippen molar-refractivity contribution in [1.82, 2.24) is 8.87 Å². The Balaban J connectivity index is 1.58. The molecule has 1 amide bonds. The van der Waals surface area contributed by atoms with E-state index in [2.05, 4.69) is 23.0 Å². The number of benzene rings is 1. The Morgan fingerprint density at radius 1 is 1.29 bits per heavy atom. The van der Waals surface area contributed by atoms with Gasteiger partial charge in [-0.3, -0.25) is 4.79 Å². The molecule has 0 radical (unpaired) electrons. The molecule has 1 saturated heterocycles. The van der Waals surface area contributed by atoms with E-state index in [-0.39, 0.29) is 11.8 Å². The van der Waals surface area contributed by atoms with Gasteiger partial charge in [-0.05, 0) is 55.3 Å². The molecule has 3 heterocycles. The monoisotopic (exact) mass is 473 g/mol. The third kappa shape index (κ3) is 4.26. The lowest BCUT2D eigenvalue weighted by atomic mass is 9.98. The van der Waals surface area contributed by atoms with Crippen molar-refractivity contribution in [2.75, 3.05) is 13.1 Å². The van der Waals surface area contributed by atoms with E-state index in [1.54, 1.807) is 17.5 Å². The summed E-state index contributed by atoms with van der Waals surface area (Å²) in [6.07, 6.45) is 6.50. The SMILES string of the molecule is C#CCn1c(=NC(=O)C2CCN(S(=O)(=O)c3cccs3)CC2)sc2c(C)cc(C)cc21. The average molecular weight is 474 g/mol. The Morgan fingerprint density at radius 3 is 2.68 bits per heavy atom. The van der Waals surface area contributed by atoms with Gasteiger partial charge in [0.2, 0.25) is 0 Å². The van der Waals surface area contributed by atoms with E-state index in [0.717, 1.165) is 21.3 Å². The third-order valence-electron chi connectivity index (χ3n) is 5.46. The summed E-state index contributed by atoms with van der Waals surface area (Å²) in [4.78, 5) is 18.0. The lowest BCUT2D eigenvalue weighted by Crippen LogP contribution is -2.40. The number of thiophene rings is 1. The molecule has 1 aliphatic heterocycles. The van der Waals surface area contributed by atoms with Crippen molar-refractivity contribution in [3.63, 3.8) is 0 Å². The second-order valence-corrected chi connectivity index (χ2v) is 11.8. The van der Waals surface area contributed by atoms with Crippen LogP contribution in [0.5, 0.6) is 0 Å². The Bertz CT molecular complexity index is 1330. The molecule has 0 bridgehead atoms. The molecule has 2 aromatic heterocycles. The van der Waals surface area contributed by atoms with E-state index in [1.165, 1.54) is 27.0 Å². The van der Waals surface area contributed by atoms with Crippen LogP contribution in [0.15, 0.2) is 38.8 Å². The fraction of sp³-hybridized carbons (Fsp3) is 0.364. The highest BCUT2D eigenvalue weighted by molar-refractivity contribution is 7.91. The Morgan fingerprint density at radius 2 is 2.03 bits per heavy atom. The minimum Gasteiger partial charge on any atom is -0.305 e. The van der Waals surface area contributed by atoms with Crippen molar-refractivity contribution >= 4 is 48.8 Å². The lowest BCUT2D eigenvalue weighted by molar-refractivity contribution is -0.122. The van der Waals surface area contributed by atoms with Crippen molar-refractivity contribution in [2.45, 2.75) is 37.4 Å². The fourth-order valence-electron chi connectivity index (χ4n) is 3.91. The second kappa shape index (κ2) is 8.71. The average Bonchev–Trinajstić information content (AvgIpc) is 3.39. The van der Waals surface area contributed by atoms with Gasteiger partial charge in [0.15, 0.2) is 4.80 Å². The van der Waals surface area contributed by atoms with Crippen molar-refractivity contribution in [1.29, 1.82) is 0 Å². The van der Waals surface area contributed by atoms with Gasteiger partial charge in [-0.15, -0.1) is 17.8 Å². The maximum atomic E-state index is 12.9. The molecule has 9 heteroatoms. The summed E-state index contributed by atoms with van der Waals surface area (Å²) in [5, 5.41) is 1.75. The van der Waals surface area contributed by atoms with E-state index in [1.807, 2.05) is 18.4 Å². The number of amides is 1. The Labute approximate surface area is 189 Å². The zero-order chi connectivity index (χ0) is 22.2. The minimum absolute atomic E-state index is 0.208. The van der Waals surface area contributed by atoms with Gasteiger partial charge in [-0.1, -0.05) is 29.4 Å². The third-order valence-corrected chi connectivity index (χ3v) is 9.96. The molecule has 3 aromatic rings. The van der Waals surface area contributed by atoms with Crippen LogP contribution in [-0.2, 0) is 21.4 Å². The van der Waals surface area contributed by atoms with Gasteiger partial charge >= 0.3 is 0 Å². The molecule has 0 spiro atoms. The molecule has 0 unspecified atom stereocenters. The van der Waals surface area contributed by atoms with Crippen LogP contribution in [0.4, 0.5) is 0 Å². The van der Waals surface area contributed by atoms with Gasteiger partial charge in [0.05, 0.1) is 16.8 Å². The summed E-state index contributed by atoms with van der Waals surface area (Å²) in [6, 6.07) is 7.51. The number of nitrogens with zero attached hydrogens (tertiary/aromatic N) is 3. The van der Waals surface area contributed by atoms with Gasteiger partial charge in [-0.25, -0.2) is 8.42 Å². The maximum absolute atomic E-state index is 12.9. The highest BCUT2D eigenvalue weighted by Gasteiger charge is 2.32. The summed E-state index contributed by atoms with van der Waals surface area (Å²) in [7, 11) is -3.48. The normalized spacial score (nSPS) is 16.6. The van der Waals surface area contributed by atoms with E-state index in [0.29, 0.717) is 41.5 Å². The molecule has 31 heavy (non-hydrogen) atoms. The van der Waals surface area contributed by atoms with E-state index < -0.39 is 10.0 Å². The first kappa shape index (κ1) is 22.0. The summed E-state index contributed by atoms with van der Waals surface area (Å²) < 4.78 is 30.2.